The Labute approximate surface area is 126 Å². The Morgan fingerprint density at radius 1 is 1.29 bits per heavy atom. The van der Waals surface area contributed by atoms with Crippen LogP contribution in [0.25, 0.3) is 0 Å². The molecule has 0 radical (unpaired) electrons. The van der Waals surface area contributed by atoms with E-state index in [1.165, 1.54) is 6.07 Å². The lowest BCUT2D eigenvalue weighted by Gasteiger charge is -2.38. The van der Waals surface area contributed by atoms with Gasteiger partial charge in [-0.2, -0.15) is 0 Å². The van der Waals surface area contributed by atoms with E-state index in [1.54, 1.807) is 7.11 Å². The predicted molar refractivity (Wildman–Crippen MR) is 82.2 cm³/mol. The van der Waals surface area contributed by atoms with Crippen molar-refractivity contribution in [3.05, 3.63) is 29.6 Å². The van der Waals surface area contributed by atoms with Crippen molar-refractivity contribution in [2.24, 2.45) is 0 Å². The normalized spacial score (nSPS) is 18.7. The molecule has 0 aromatic heterocycles. The fourth-order valence-electron chi connectivity index (χ4n) is 3.43. The Balaban J connectivity index is 2.37. The molecule has 2 rings (SSSR count). The van der Waals surface area contributed by atoms with E-state index in [9.17, 15) is 4.39 Å². The summed E-state index contributed by atoms with van der Waals surface area (Å²) in [5, 5.41) is 3.44. The summed E-state index contributed by atoms with van der Waals surface area (Å²) >= 11 is 0. The molecule has 1 N–H and O–H groups in total. The second kappa shape index (κ2) is 7.23. The van der Waals surface area contributed by atoms with E-state index in [-0.39, 0.29) is 17.5 Å². The average molecular weight is 295 g/mol. The molecule has 0 saturated heterocycles. The average Bonchev–Trinajstić information content (AvgIpc) is 2.95. The third-order valence-corrected chi connectivity index (χ3v) is 4.33. The van der Waals surface area contributed by atoms with Crippen LogP contribution in [-0.4, -0.2) is 25.9 Å². The molecule has 118 valence electrons. The molecule has 0 spiro atoms. The summed E-state index contributed by atoms with van der Waals surface area (Å²) in [5.41, 5.74) is 0.383. The highest BCUT2D eigenvalue weighted by Gasteiger charge is 2.43. The molecule has 1 aromatic carbocycles. The highest BCUT2D eigenvalue weighted by molar-refractivity contribution is 5.32. The minimum absolute atomic E-state index is 0.115. The molecule has 3 nitrogen and oxygen atoms in total. The molecule has 1 fully saturated rings. The van der Waals surface area contributed by atoms with Crippen LogP contribution in [0.3, 0.4) is 0 Å². The molecule has 4 heteroatoms. The van der Waals surface area contributed by atoms with Crippen molar-refractivity contribution in [3.63, 3.8) is 0 Å². The summed E-state index contributed by atoms with van der Waals surface area (Å²) < 4.78 is 25.7. The van der Waals surface area contributed by atoms with Crippen LogP contribution >= 0.6 is 0 Å². The number of nitrogens with one attached hydrogen (secondary N) is 1. The van der Waals surface area contributed by atoms with Crippen LogP contribution < -0.4 is 10.1 Å². The van der Waals surface area contributed by atoms with E-state index in [1.807, 2.05) is 26.0 Å². The maximum atomic E-state index is 14.5. The van der Waals surface area contributed by atoms with Gasteiger partial charge in [0.1, 0.15) is 11.6 Å². The second-order valence-electron chi connectivity index (χ2n) is 5.58. The Morgan fingerprint density at radius 2 is 2.00 bits per heavy atom. The van der Waals surface area contributed by atoms with E-state index in [4.69, 9.17) is 9.47 Å². The zero-order valence-corrected chi connectivity index (χ0v) is 13.2. The number of rotatable bonds is 7. The summed E-state index contributed by atoms with van der Waals surface area (Å²) in [7, 11) is 1.55. The molecular weight excluding hydrogens is 269 g/mol. The number of methoxy groups -OCH3 is 1. The standard InChI is InChI=1S/C17H26FNO2/c1-4-19-16(17(21-5-2)10-6-7-11-17)14-9-8-13(20-3)12-15(14)18/h8-9,12,16,19H,4-7,10-11H2,1-3H3. The van der Waals surface area contributed by atoms with E-state index in [0.717, 1.165) is 32.2 Å². The van der Waals surface area contributed by atoms with Gasteiger partial charge >= 0.3 is 0 Å². The summed E-state index contributed by atoms with van der Waals surface area (Å²) in [6.45, 7) is 5.49. The van der Waals surface area contributed by atoms with Crippen molar-refractivity contribution >= 4 is 0 Å². The van der Waals surface area contributed by atoms with Crippen LogP contribution in [0.2, 0.25) is 0 Å². The van der Waals surface area contributed by atoms with Crippen LogP contribution in [0, 0.1) is 5.82 Å². The minimum atomic E-state index is -0.291. The lowest BCUT2D eigenvalue weighted by atomic mass is 9.86. The lowest BCUT2D eigenvalue weighted by Crippen LogP contribution is -2.44. The van der Waals surface area contributed by atoms with Gasteiger partial charge in [0, 0.05) is 18.2 Å². The first-order chi connectivity index (χ1) is 10.2. The molecule has 0 bridgehead atoms. The fourth-order valence-corrected chi connectivity index (χ4v) is 3.43. The first-order valence-electron chi connectivity index (χ1n) is 7.87. The first-order valence-corrected chi connectivity index (χ1v) is 7.87. The van der Waals surface area contributed by atoms with Gasteiger partial charge in [0.25, 0.3) is 0 Å². The maximum Gasteiger partial charge on any atom is 0.131 e. The monoisotopic (exact) mass is 295 g/mol. The number of halogens is 1. The minimum Gasteiger partial charge on any atom is -0.497 e. The molecule has 1 saturated carbocycles. The van der Waals surface area contributed by atoms with Crippen molar-refractivity contribution in [2.45, 2.75) is 51.2 Å². The van der Waals surface area contributed by atoms with E-state index in [2.05, 4.69) is 5.32 Å². The molecule has 1 aromatic rings. The van der Waals surface area contributed by atoms with Crippen molar-refractivity contribution in [2.75, 3.05) is 20.3 Å². The Morgan fingerprint density at radius 3 is 2.52 bits per heavy atom. The fraction of sp³-hybridized carbons (Fsp3) is 0.647. The van der Waals surface area contributed by atoms with Gasteiger partial charge in [0.2, 0.25) is 0 Å². The molecule has 1 aliphatic carbocycles. The lowest BCUT2D eigenvalue weighted by molar-refractivity contribution is -0.0630. The number of hydrogen-bond acceptors (Lipinski definition) is 3. The van der Waals surface area contributed by atoms with Gasteiger partial charge in [-0.25, -0.2) is 4.39 Å². The third kappa shape index (κ3) is 3.38. The molecule has 1 atom stereocenters. The van der Waals surface area contributed by atoms with Crippen LogP contribution in [0.1, 0.15) is 51.1 Å². The molecule has 0 amide bonds. The van der Waals surface area contributed by atoms with E-state index >= 15 is 0 Å². The third-order valence-electron chi connectivity index (χ3n) is 4.33. The van der Waals surface area contributed by atoms with Crippen molar-refractivity contribution in [1.82, 2.24) is 5.32 Å². The number of hydrogen-bond donors (Lipinski definition) is 1. The number of benzene rings is 1. The Bertz CT molecular complexity index is 458. The van der Waals surface area contributed by atoms with Crippen molar-refractivity contribution in [3.8, 4) is 5.75 Å². The Kier molecular flexibility index (Phi) is 5.59. The first kappa shape index (κ1) is 16.2. The second-order valence-corrected chi connectivity index (χ2v) is 5.58. The SMILES string of the molecule is CCNC(c1ccc(OC)cc1F)C1(OCC)CCCC1. The topological polar surface area (TPSA) is 30.5 Å². The molecule has 1 aliphatic rings. The molecular formula is C17H26FNO2. The van der Waals surface area contributed by atoms with Crippen molar-refractivity contribution in [1.29, 1.82) is 0 Å². The summed E-state index contributed by atoms with van der Waals surface area (Å²) in [4.78, 5) is 0. The quantitative estimate of drug-likeness (QED) is 0.829. The number of ether oxygens (including phenoxy) is 2. The zero-order chi connectivity index (χ0) is 15.3. The smallest absolute Gasteiger partial charge is 0.131 e. The predicted octanol–water partition coefficient (Wildman–Crippen LogP) is 3.83. The number of likely N-dealkylation sites (N-methyl/N-ethyl adjacent to an activating group) is 1. The zero-order valence-electron chi connectivity index (χ0n) is 13.2. The van der Waals surface area contributed by atoms with Gasteiger partial charge < -0.3 is 14.8 Å². The summed E-state index contributed by atoms with van der Waals surface area (Å²) in [6, 6.07) is 4.97. The highest BCUT2D eigenvalue weighted by Crippen LogP contribution is 2.43. The maximum absolute atomic E-state index is 14.5. The van der Waals surface area contributed by atoms with Crippen LogP contribution in [-0.2, 0) is 4.74 Å². The molecule has 1 unspecified atom stereocenters. The van der Waals surface area contributed by atoms with Gasteiger partial charge in [-0.1, -0.05) is 25.8 Å². The largest absolute Gasteiger partial charge is 0.497 e. The Hall–Kier alpha value is -1.13. The van der Waals surface area contributed by atoms with Gasteiger partial charge in [0.15, 0.2) is 0 Å². The molecule has 0 heterocycles. The highest BCUT2D eigenvalue weighted by atomic mass is 19.1. The van der Waals surface area contributed by atoms with Gasteiger partial charge in [0.05, 0.1) is 18.8 Å². The van der Waals surface area contributed by atoms with Crippen molar-refractivity contribution < 1.29 is 13.9 Å². The molecule has 21 heavy (non-hydrogen) atoms. The summed E-state index contributed by atoms with van der Waals surface area (Å²) in [5.74, 6) is 0.314. The van der Waals surface area contributed by atoms with Crippen LogP contribution in [0.15, 0.2) is 18.2 Å². The molecule has 0 aliphatic heterocycles. The van der Waals surface area contributed by atoms with E-state index in [0.29, 0.717) is 17.9 Å². The van der Waals surface area contributed by atoms with Gasteiger partial charge in [-0.3, -0.25) is 0 Å². The van der Waals surface area contributed by atoms with Crippen LogP contribution in [0.5, 0.6) is 5.75 Å². The van der Waals surface area contributed by atoms with Crippen LogP contribution in [0.4, 0.5) is 4.39 Å². The van der Waals surface area contributed by atoms with Gasteiger partial charge in [-0.15, -0.1) is 0 Å². The van der Waals surface area contributed by atoms with Gasteiger partial charge in [-0.05, 0) is 32.4 Å². The van der Waals surface area contributed by atoms with E-state index < -0.39 is 0 Å². The summed E-state index contributed by atoms with van der Waals surface area (Å²) in [6.07, 6.45) is 4.23.